The highest BCUT2D eigenvalue weighted by Crippen LogP contribution is 2.42. The van der Waals surface area contributed by atoms with Crippen LogP contribution in [-0.2, 0) is 13.1 Å². The molecule has 0 aliphatic carbocycles. The summed E-state index contributed by atoms with van der Waals surface area (Å²) < 4.78 is 4.85. The van der Waals surface area contributed by atoms with Crippen molar-refractivity contribution in [3.63, 3.8) is 0 Å². The highest BCUT2D eigenvalue weighted by Gasteiger charge is 2.18. The Morgan fingerprint density at radius 1 is 1.00 bits per heavy atom. The summed E-state index contributed by atoms with van der Waals surface area (Å²) in [6.45, 7) is 1.08. The third-order valence-corrected chi connectivity index (χ3v) is 7.88. The molecule has 8 nitrogen and oxygen atoms in total. The summed E-state index contributed by atoms with van der Waals surface area (Å²) in [5.74, 6) is -1.09. The van der Waals surface area contributed by atoms with Crippen LogP contribution in [0.15, 0.2) is 24.1 Å². The van der Waals surface area contributed by atoms with Crippen molar-refractivity contribution in [2.75, 3.05) is 0 Å². The van der Waals surface area contributed by atoms with Crippen LogP contribution in [0, 0.1) is 0 Å². The fraction of sp³-hybridized carbons (Fsp3) is 0.250. The number of nitrogens with zero attached hydrogens (tertiary/aromatic N) is 6. The second-order valence-electron chi connectivity index (χ2n) is 4.77. The molecule has 0 radical (unpaired) electrons. The Balaban J connectivity index is 1.75. The standard InChI is InChI=1S/C12H8Br4N6O2/c13-6-7(14)9(16)11-10(8(6)15)18-22(19-11)3-1-2-21-4-5(12(23)24)17-20-21/h4H,1-3H2,(H,23,24). The van der Waals surface area contributed by atoms with Gasteiger partial charge in [-0.2, -0.15) is 15.0 Å². The van der Waals surface area contributed by atoms with Crippen molar-refractivity contribution in [2.45, 2.75) is 19.5 Å². The molecule has 0 bridgehead atoms. The molecule has 24 heavy (non-hydrogen) atoms. The van der Waals surface area contributed by atoms with Crippen LogP contribution in [-0.4, -0.2) is 41.1 Å². The van der Waals surface area contributed by atoms with Crippen molar-refractivity contribution in [1.29, 1.82) is 0 Å². The fourth-order valence-corrected chi connectivity index (χ4v) is 4.26. The number of hydrogen-bond donors (Lipinski definition) is 1. The molecule has 0 spiro atoms. The van der Waals surface area contributed by atoms with Crippen LogP contribution in [0.2, 0.25) is 0 Å². The van der Waals surface area contributed by atoms with E-state index in [4.69, 9.17) is 5.11 Å². The van der Waals surface area contributed by atoms with Gasteiger partial charge in [0.2, 0.25) is 0 Å². The van der Waals surface area contributed by atoms with Crippen molar-refractivity contribution in [1.82, 2.24) is 30.0 Å². The van der Waals surface area contributed by atoms with Crippen LogP contribution in [0.5, 0.6) is 0 Å². The molecule has 3 rings (SSSR count). The number of aryl methyl sites for hydroxylation is 2. The molecular formula is C12H8Br4N6O2. The summed E-state index contributed by atoms with van der Waals surface area (Å²) in [7, 11) is 0. The highest BCUT2D eigenvalue weighted by molar-refractivity contribution is 9.15. The second-order valence-corrected chi connectivity index (χ2v) is 7.95. The van der Waals surface area contributed by atoms with Crippen molar-refractivity contribution in [2.24, 2.45) is 0 Å². The molecular weight excluding hydrogens is 580 g/mol. The maximum absolute atomic E-state index is 10.8. The van der Waals surface area contributed by atoms with Crippen molar-refractivity contribution < 1.29 is 9.90 Å². The average Bonchev–Trinajstić information content (AvgIpc) is 3.18. The van der Waals surface area contributed by atoms with Gasteiger partial charge in [0.05, 0.1) is 21.7 Å². The van der Waals surface area contributed by atoms with Gasteiger partial charge in [-0.25, -0.2) is 4.79 Å². The van der Waals surface area contributed by atoms with E-state index >= 15 is 0 Å². The highest BCUT2D eigenvalue weighted by atomic mass is 79.9. The maximum atomic E-state index is 10.8. The van der Waals surface area contributed by atoms with E-state index in [1.165, 1.54) is 10.9 Å². The zero-order chi connectivity index (χ0) is 17.4. The first-order chi connectivity index (χ1) is 11.4. The van der Waals surface area contributed by atoms with Crippen LogP contribution in [0.4, 0.5) is 0 Å². The monoisotopic (exact) mass is 584 g/mol. The molecule has 0 unspecified atom stereocenters. The lowest BCUT2D eigenvalue weighted by Gasteiger charge is -2.02. The zero-order valence-corrected chi connectivity index (χ0v) is 18.1. The van der Waals surface area contributed by atoms with E-state index in [0.29, 0.717) is 19.5 Å². The van der Waals surface area contributed by atoms with Gasteiger partial charge >= 0.3 is 5.97 Å². The molecule has 0 saturated carbocycles. The Hall–Kier alpha value is -0.850. The van der Waals surface area contributed by atoms with Gasteiger partial charge in [-0.05, 0) is 70.1 Å². The number of carbonyl (C=O) groups is 1. The van der Waals surface area contributed by atoms with E-state index in [2.05, 4.69) is 84.2 Å². The van der Waals surface area contributed by atoms with Gasteiger partial charge in [0.25, 0.3) is 0 Å². The summed E-state index contributed by atoms with van der Waals surface area (Å²) in [5.41, 5.74) is 1.41. The number of carboxylic acid groups (broad SMARTS) is 1. The number of halogens is 4. The Morgan fingerprint density at radius 2 is 1.58 bits per heavy atom. The second kappa shape index (κ2) is 7.18. The third kappa shape index (κ3) is 3.41. The van der Waals surface area contributed by atoms with Crippen LogP contribution in [0.1, 0.15) is 16.9 Å². The minimum absolute atomic E-state index is 0.0690. The molecule has 1 N–H and O–H groups in total. The molecule has 0 amide bonds. The summed E-state index contributed by atoms with van der Waals surface area (Å²) in [4.78, 5) is 12.4. The molecule has 0 aliphatic rings. The Labute approximate surface area is 169 Å². The minimum atomic E-state index is -1.09. The largest absolute Gasteiger partial charge is 0.476 e. The fourth-order valence-electron chi connectivity index (χ4n) is 2.02. The lowest BCUT2D eigenvalue weighted by molar-refractivity contribution is 0.0690. The summed E-state index contributed by atoms with van der Waals surface area (Å²) in [6.07, 6.45) is 2.08. The number of fused-ring (bicyclic) bond motifs is 1. The first-order valence-corrected chi connectivity index (χ1v) is 9.76. The van der Waals surface area contributed by atoms with Gasteiger partial charge in [0.15, 0.2) is 5.69 Å². The van der Waals surface area contributed by atoms with Crippen LogP contribution in [0.25, 0.3) is 11.0 Å². The number of carboxylic acids is 1. The van der Waals surface area contributed by atoms with Crippen molar-refractivity contribution >= 4 is 80.7 Å². The molecule has 3 aromatic rings. The normalized spacial score (nSPS) is 11.3. The van der Waals surface area contributed by atoms with Crippen molar-refractivity contribution in [3.8, 4) is 0 Å². The number of benzene rings is 1. The molecule has 0 aliphatic heterocycles. The Kier molecular flexibility index (Phi) is 5.37. The van der Waals surface area contributed by atoms with E-state index < -0.39 is 5.97 Å². The number of rotatable bonds is 5. The zero-order valence-electron chi connectivity index (χ0n) is 11.7. The predicted molar refractivity (Wildman–Crippen MR) is 99.9 cm³/mol. The molecule has 0 fully saturated rings. The number of hydrogen-bond acceptors (Lipinski definition) is 5. The quantitative estimate of drug-likeness (QED) is 0.360. The van der Waals surface area contributed by atoms with Gasteiger partial charge in [0.1, 0.15) is 11.0 Å². The minimum Gasteiger partial charge on any atom is -0.476 e. The Bertz CT molecular complexity index is 892. The molecule has 12 heteroatoms. The third-order valence-electron chi connectivity index (χ3n) is 3.15. The molecule has 2 aromatic heterocycles. The van der Waals surface area contributed by atoms with Crippen LogP contribution >= 0.6 is 63.7 Å². The molecule has 126 valence electrons. The average molecular weight is 588 g/mol. The lowest BCUT2D eigenvalue weighted by Crippen LogP contribution is -2.07. The Morgan fingerprint density at radius 3 is 2.08 bits per heavy atom. The lowest BCUT2D eigenvalue weighted by atomic mass is 10.3. The van der Waals surface area contributed by atoms with E-state index in [-0.39, 0.29) is 5.69 Å². The molecule has 0 saturated heterocycles. The molecule has 2 heterocycles. The van der Waals surface area contributed by atoms with Gasteiger partial charge < -0.3 is 5.11 Å². The topological polar surface area (TPSA) is 98.7 Å². The first-order valence-electron chi connectivity index (χ1n) is 6.58. The van der Waals surface area contributed by atoms with Gasteiger partial charge in [-0.1, -0.05) is 5.21 Å². The van der Waals surface area contributed by atoms with Gasteiger partial charge in [-0.15, -0.1) is 5.10 Å². The number of aromatic nitrogens is 6. The van der Waals surface area contributed by atoms with E-state index in [0.717, 1.165) is 28.9 Å². The molecule has 1 aromatic carbocycles. The molecule has 0 atom stereocenters. The van der Waals surface area contributed by atoms with Crippen molar-refractivity contribution in [3.05, 3.63) is 29.8 Å². The smallest absolute Gasteiger partial charge is 0.358 e. The van der Waals surface area contributed by atoms with E-state index in [1.807, 2.05) is 0 Å². The predicted octanol–water partition coefficient (Wildman–Crippen LogP) is 3.86. The van der Waals surface area contributed by atoms with Crippen LogP contribution in [0.3, 0.4) is 0 Å². The maximum Gasteiger partial charge on any atom is 0.358 e. The summed E-state index contributed by atoms with van der Waals surface area (Å²) in [5, 5.41) is 25.1. The van der Waals surface area contributed by atoms with Gasteiger partial charge in [-0.3, -0.25) is 4.68 Å². The SMILES string of the molecule is O=C(O)c1cn(CCCn2nc3c(Br)c(Br)c(Br)c(Br)c3n2)nn1. The summed E-state index contributed by atoms with van der Waals surface area (Å²) >= 11 is 14.0. The number of aromatic carboxylic acids is 1. The van der Waals surface area contributed by atoms with Crippen LogP contribution < -0.4 is 0 Å². The van der Waals surface area contributed by atoms with E-state index in [9.17, 15) is 4.79 Å². The first kappa shape index (κ1) is 18.0. The summed E-state index contributed by atoms with van der Waals surface area (Å²) in [6, 6.07) is 0. The van der Waals surface area contributed by atoms with E-state index in [1.54, 1.807) is 4.80 Å². The van der Waals surface area contributed by atoms with Gasteiger partial charge in [0, 0.05) is 15.5 Å².